The molecule has 1 N–H and O–H groups in total. The van der Waals surface area contributed by atoms with Gasteiger partial charge < -0.3 is 10.2 Å². The van der Waals surface area contributed by atoms with E-state index in [1.54, 1.807) is 0 Å². The average Bonchev–Trinajstić information content (AvgIpc) is 2.42. The van der Waals surface area contributed by atoms with Crippen LogP contribution in [0.1, 0.15) is 16.8 Å². The lowest BCUT2D eigenvalue weighted by molar-refractivity contribution is -0.605. The molecule has 3 heterocycles. The summed E-state index contributed by atoms with van der Waals surface area (Å²) in [5, 5.41) is 11.0. The molecule has 0 saturated carbocycles. The Kier molecular flexibility index (Phi) is 3.27. The van der Waals surface area contributed by atoms with Crippen molar-refractivity contribution in [1.29, 1.82) is 0 Å². The maximum Gasteiger partial charge on any atom is 0.196 e. The van der Waals surface area contributed by atoms with E-state index in [0.717, 1.165) is 36.3 Å². The van der Waals surface area contributed by atoms with Gasteiger partial charge in [0.25, 0.3) is 0 Å². The van der Waals surface area contributed by atoms with E-state index >= 15 is 0 Å². The highest BCUT2D eigenvalue weighted by molar-refractivity contribution is 7.71. The summed E-state index contributed by atoms with van der Waals surface area (Å²) in [7, 11) is 0. The summed E-state index contributed by atoms with van der Waals surface area (Å²) >= 11 is 5.03. The largest absolute Gasteiger partial charge is 0.619 e. The number of rotatable bonds is 2. The van der Waals surface area contributed by atoms with Gasteiger partial charge in [0.05, 0.1) is 0 Å². The van der Waals surface area contributed by atoms with E-state index in [9.17, 15) is 5.21 Å². The first-order chi connectivity index (χ1) is 9.20. The molecule has 5 nitrogen and oxygen atoms in total. The van der Waals surface area contributed by atoms with Crippen LogP contribution in [0.15, 0.2) is 30.7 Å². The van der Waals surface area contributed by atoms with E-state index in [2.05, 4.69) is 14.9 Å². The molecular formula is C13H14N4OS. The molecule has 0 aromatic carbocycles. The van der Waals surface area contributed by atoms with Crippen molar-refractivity contribution in [2.24, 2.45) is 0 Å². The monoisotopic (exact) mass is 274 g/mol. The molecule has 2 aromatic rings. The van der Waals surface area contributed by atoms with Gasteiger partial charge in [-0.1, -0.05) is 0 Å². The number of nitrogens with one attached hydrogen (secondary N) is 1. The van der Waals surface area contributed by atoms with Gasteiger partial charge in [-0.2, -0.15) is 4.73 Å². The average molecular weight is 274 g/mol. The summed E-state index contributed by atoms with van der Waals surface area (Å²) in [5.74, 6) is 0. The fraction of sp³-hybridized carbons (Fsp3) is 0.308. The molecule has 0 spiro atoms. The first-order valence-electron chi connectivity index (χ1n) is 6.18. The van der Waals surface area contributed by atoms with Gasteiger partial charge in [-0.25, -0.2) is 4.98 Å². The van der Waals surface area contributed by atoms with Crippen molar-refractivity contribution < 1.29 is 4.73 Å². The van der Waals surface area contributed by atoms with Crippen molar-refractivity contribution in [2.45, 2.75) is 19.5 Å². The quantitative estimate of drug-likeness (QED) is 0.510. The molecule has 0 fully saturated rings. The Balaban J connectivity index is 1.73. The highest BCUT2D eigenvalue weighted by Gasteiger charge is 2.17. The standard InChI is InChI=1S/C13H14N4OS/c18-17-5-1-10(2-6-17)8-16-4-3-12-11(9-16)7-14-13(19)15-12/h1-2,5-7H,3-4,8-9H2,(H,14,15,19). The second-order valence-electron chi connectivity index (χ2n) is 4.72. The van der Waals surface area contributed by atoms with Gasteiger partial charge >= 0.3 is 0 Å². The lowest BCUT2D eigenvalue weighted by atomic mass is 10.1. The highest BCUT2D eigenvalue weighted by Crippen LogP contribution is 2.17. The Bertz CT molecular complexity index is 638. The van der Waals surface area contributed by atoms with Gasteiger partial charge in [0, 0.05) is 55.6 Å². The number of aromatic amines is 1. The molecule has 6 heteroatoms. The zero-order valence-corrected chi connectivity index (χ0v) is 11.2. The molecule has 1 aliphatic heterocycles. The van der Waals surface area contributed by atoms with E-state index < -0.39 is 0 Å². The first kappa shape index (κ1) is 12.3. The SMILES string of the molecule is [O-][n+]1ccc(CN2CCc3[nH]c(=S)ncc3C2)cc1. The normalized spacial score (nSPS) is 15.2. The third-order valence-electron chi connectivity index (χ3n) is 3.33. The second kappa shape index (κ2) is 5.07. The maximum absolute atomic E-state index is 11.0. The molecule has 0 radical (unpaired) electrons. The molecule has 19 heavy (non-hydrogen) atoms. The summed E-state index contributed by atoms with van der Waals surface area (Å²) in [6.07, 6.45) is 5.88. The van der Waals surface area contributed by atoms with Crippen LogP contribution in [-0.4, -0.2) is 21.4 Å². The molecule has 0 amide bonds. The van der Waals surface area contributed by atoms with Gasteiger partial charge in [0.15, 0.2) is 17.2 Å². The Morgan fingerprint density at radius 3 is 3.00 bits per heavy atom. The van der Waals surface area contributed by atoms with Crippen molar-refractivity contribution in [3.05, 3.63) is 57.5 Å². The molecule has 1 aliphatic rings. The summed E-state index contributed by atoms with van der Waals surface area (Å²) in [4.78, 5) is 9.62. The van der Waals surface area contributed by atoms with Crippen LogP contribution in [0, 0.1) is 9.98 Å². The summed E-state index contributed by atoms with van der Waals surface area (Å²) in [5.41, 5.74) is 3.55. The van der Waals surface area contributed by atoms with Crippen LogP contribution in [0.25, 0.3) is 0 Å². The number of fused-ring (bicyclic) bond motifs is 1. The maximum atomic E-state index is 11.0. The molecule has 0 bridgehead atoms. The van der Waals surface area contributed by atoms with Crippen molar-refractivity contribution >= 4 is 12.2 Å². The van der Waals surface area contributed by atoms with Crippen LogP contribution >= 0.6 is 12.2 Å². The first-order valence-corrected chi connectivity index (χ1v) is 6.59. The highest BCUT2D eigenvalue weighted by atomic mass is 32.1. The molecule has 98 valence electrons. The predicted molar refractivity (Wildman–Crippen MR) is 72.6 cm³/mol. The lowest BCUT2D eigenvalue weighted by Gasteiger charge is -2.27. The van der Waals surface area contributed by atoms with Crippen molar-refractivity contribution in [2.75, 3.05) is 6.54 Å². The smallest absolute Gasteiger partial charge is 0.196 e. The fourth-order valence-electron chi connectivity index (χ4n) is 2.35. The zero-order chi connectivity index (χ0) is 13.2. The summed E-state index contributed by atoms with van der Waals surface area (Å²) in [6, 6.07) is 3.72. The fourth-order valence-corrected chi connectivity index (χ4v) is 2.52. The van der Waals surface area contributed by atoms with Crippen molar-refractivity contribution in [1.82, 2.24) is 14.9 Å². The minimum absolute atomic E-state index is 0.551. The van der Waals surface area contributed by atoms with Crippen LogP contribution in [0.2, 0.25) is 0 Å². The number of nitrogens with zero attached hydrogens (tertiary/aromatic N) is 3. The summed E-state index contributed by atoms with van der Waals surface area (Å²) < 4.78 is 1.36. The molecule has 0 saturated heterocycles. The van der Waals surface area contributed by atoms with Crippen LogP contribution in [-0.2, 0) is 19.5 Å². The molecule has 0 aliphatic carbocycles. The van der Waals surface area contributed by atoms with Gasteiger partial charge in [0.1, 0.15) is 0 Å². The predicted octanol–water partition coefficient (Wildman–Crippen LogP) is 1.33. The number of hydrogen-bond donors (Lipinski definition) is 1. The Morgan fingerprint density at radius 2 is 2.21 bits per heavy atom. The molecule has 0 atom stereocenters. The molecule has 2 aromatic heterocycles. The molecule has 0 unspecified atom stereocenters. The van der Waals surface area contributed by atoms with Crippen LogP contribution < -0.4 is 4.73 Å². The minimum Gasteiger partial charge on any atom is -0.619 e. The van der Waals surface area contributed by atoms with Gasteiger partial charge in [-0.05, 0) is 17.8 Å². The summed E-state index contributed by atoms with van der Waals surface area (Å²) in [6.45, 7) is 2.69. The van der Waals surface area contributed by atoms with E-state index in [0.29, 0.717) is 4.77 Å². The number of hydrogen-bond acceptors (Lipinski definition) is 4. The Morgan fingerprint density at radius 1 is 1.42 bits per heavy atom. The second-order valence-corrected chi connectivity index (χ2v) is 5.11. The topological polar surface area (TPSA) is 58.9 Å². The number of pyridine rings is 1. The van der Waals surface area contributed by atoms with Crippen molar-refractivity contribution in [3.63, 3.8) is 0 Å². The van der Waals surface area contributed by atoms with E-state index in [-0.39, 0.29) is 0 Å². The third kappa shape index (κ3) is 2.80. The lowest BCUT2D eigenvalue weighted by Crippen LogP contribution is -2.31. The molecular weight excluding hydrogens is 260 g/mol. The number of H-pyrrole nitrogens is 1. The van der Waals surface area contributed by atoms with Crippen molar-refractivity contribution in [3.8, 4) is 0 Å². The molecule has 3 rings (SSSR count). The minimum atomic E-state index is 0.551. The third-order valence-corrected chi connectivity index (χ3v) is 3.54. The van der Waals surface area contributed by atoms with E-state index in [1.165, 1.54) is 23.7 Å². The van der Waals surface area contributed by atoms with Crippen LogP contribution in [0.5, 0.6) is 0 Å². The Hall–Kier alpha value is -1.79. The number of aromatic nitrogens is 3. The van der Waals surface area contributed by atoms with Gasteiger partial charge in [-0.3, -0.25) is 4.90 Å². The van der Waals surface area contributed by atoms with E-state index in [4.69, 9.17) is 12.2 Å². The zero-order valence-electron chi connectivity index (χ0n) is 10.4. The van der Waals surface area contributed by atoms with Crippen LogP contribution in [0.3, 0.4) is 0 Å². The van der Waals surface area contributed by atoms with Crippen LogP contribution in [0.4, 0.5) is 0 Å². The van der Waals surface area contributed by atoms with Gasteiger partial charge in [0.2, 0.25) is 0 Å². The Labute approximate surface area is 116 Å². The van der Waals surface area contributed by atoms with E-state index in [1.807, 2.05) is 18.3 Å². The van der Waals surface area contributed by atoms with Gasteiger partial charge in [-0.15, -0.1) is 0 Å².